The predicted molar refractivity (Wildman–Crippen MR) is 80.7 cm³/mol. The van der Waals surface area contributed by atoms with Crippen molar-refractivity contribution in [1.29, 1.82) is 0 Å². The van der Waals surface area contributed by atoms with E-state index >= 15 is 0 Å². The van der Waals surface area contributed by atoms with Crippen molar-refractivity contribution < 1.29 is 4.79 Å². The van der Waals surface area contributed by atoms with Crippen LogP contribution < -0.4 is 0 Å². The molecule has 0 bridgehead atoms. The van der Waals surface area contributed by atoms with Gasteiger partial charge in [0.25, 0.3) is 0 Å². The van der Waals surface area contributed by atoms with Crippen LogP contribution in [0.2, 0.25) is 0 Å². The third-order valence-corrected chi connectivity index (χ3v) is 3.15. The summed E-state index contributed by atoms with van der Waals surface area (Å²) in [7, 11) is 4.17. The minimum Gasteiger partial charge on any atom is -0.308 e. The van der Waals surface area contributed by atoms with Crippen molar-refractivity contribution in [3.05, 3.63) is 35.9 Å². The van der Waals surface area contributed by atoms with Crippen molar-refractivity contribution in [1.82, 2.24) is 9.80 Å². The fourth-order valence-corrected chi connectivity index (χ4v) is 2.02. The highest BCUT2D eigenvalue weighted by Crippen LogP contribution is 2.04. The lowest BCUT2D eigenvalue weighted by atomic mass is 10.1. The number of benzene rings is 1. The normalized spacial score (nSPS) is 11.2. The lowest BCUT2D eigenvalue weighted by Gasteiger charge is -2.23. The highest BCUT2D eigenvalue weighted by Gasteiger charge is 2.09. The second kappa shape index (κ2) is 8.83. The maximum Gasteiger partial charge on any atom is 0.164 e. The lowest BCUT2D eigenvalue weighted by molar-refractivity contribution is 0.0962. The monoisotopic (exact) mass is 262 g/mol. The van der Waals surface area contributed by atoms with Crippen molar-refractivity contribution >= 4 is 5.78 Å². The molecule has 0 aliphatic carbocycles. The molecule has 0 spiro atoms. The summed E-state index contributed by atoms with van der Waals surface area (Å²) in [6, 6.07) is 9.57. The van der Waals surface area contributed by atoms with Crippen LogP contribution >= 0.6 is 0 Å². The van der Waals surface area contributed by atoms with E-state index in [9.17, 15) is 4.79 Å². The predicted octanol–water partition coefficient (Wildman–Crippen LogP) is 2.53. The minimum absolute atomic E-state index is 0.242. The molecule has 0 saturated carbocycles. The number of nitrogens with zero attached hydrogens (tertiary/aromatic N) is 2. The average Bonchev–Trinajstić information content (AvgIpc) is 2.42. The van der Waals surface area contributed by atoms with Gasteiger partial charge in [0.15, 0.2) is 5.78 Å². The molecule has 1 aromatic carbocycles. The van der Waals surface area contributed by atoms with Gasteiger partial charge >= 0.3 is 0 Å². The molecule has 3 heteroatoms. The number of hydrogen-bond donors (Lipinski definition) is 0. The quantitative estimate of drug-likeness (QED) is 0.639. The lowest BCUT2D eigenvalue weighted by Crippen LogP contribution is -2.34. The van der Waals surface area contributed by atoms with Crippen LogP contribution in [-0.2, 0) is 0 Å². The van der Waals surface area contributed by atoms with E-state index in [0.717, 1.165) is 38.2 Å². The van der Waals surface area contributed by atoms with Gasteiger partial charge in [-0.2, -0.15) is 0 Å². The first-order valence-corrected chi connectivity index (χ1v) is 7.08. The van der Waals surface area contributed by atoms with E-state index in [0.29, 0.717) is 6.42 Å². The van der Waals surface area contributed by atoms with E-state index < -0.39 is 0 Å². The summed E-state index contributed by atoms with van der Waals surface area (Å²) < 4.78 is 0. The molecule has 0 fully saturated rings. The first-order chi connectivity index (χ1) is 9.13. The van der Waals surface area contributed by atoms with E-state index in [1.165, 1.54) is 0 Å². The zero-order chi connectivity index (χ0) is 14.1. The van der Waals surface area contributed by atoms with E-state index in [4.69, 9.17) is 0 Å². The molecule has 0 amide bonds. The van der Waals surface area contributed by atoms with E-state index in [1.807, 2.05) is 30.3 Å². The molecule has 0 saturated heterocycles. The fourth-order valence-electron chi connectivity index (χ4n) is 2.02. The summed E-state index contributed by atoms with van der Waals surface area (Å²) in [5.41, 5.74) is 0.826. The molecule has 0 aliphatic heterocycles. The Kier molecular flexibility index (Phi) is 7.38. The van der Waals surface area contributed by atoms with Crippen LogP contribution in [0.4, 0.5) is 0 Å². The highest BCUT2D eigenvalue weighted by atomic mass is 16.1. The van der Waals surface area contributed by atoms with Gasteiger partial charge in [0, 0.05) is 31.6 Å². The number of carbonyl (C=O) groups is 1. The second-order valence-electron chi connectivity index (χ2n) is 5.18. The average molecular weight is 262 g/mol. The Morgan fingerprint density at radius 1 is 1.00 bits per heavy atom. The molecular weight excluding hydrogens is 236 g/mol. The standard InChI is InChI=1S/C16H26N2O/c1-4-11-18(14-13-17(2)3)12-10-16(19)15-8-6-5-7-9-15/h5-9H,4,10-14H2,1-3H3. The highest BCUT2D eigenvalue weighted by molar-refractivity contribution is 5.96. The zero-order valence-electron chi connectivity index (χ0n) is 12.4. The molecule has 0 aliphatic rings. The van der Waals surface area contributed by atoms with Crippen LogP contribution in [0.3, 0.4) is 0 Å². The van der Waals surface area contributed by atoms with Crippen LogP contribution in [0.1, 0.15) is 30.1 Å². The largest absolute Gasteiger partial charge is 0.308 e. The topological polar surface area (TPSA) is 23.6 Å². The van der Waals surface area contributed by atoms with Crippen molar-refractivity contribution in [3.63, 3.8) is 0 Å². The van der Waals surface area contributed by atoms with Gasteiger partial charge in [-0.15, -0.1) is 0 Å². The Balaban J connectivity index is 2.40. The van der Waals surface area contributed by atoms with Gasteiger partial charge in [-0.05, 0) is 27.1 Å². The summed E-state index contributed by atoms with van der Waals surface area (Å²) >= 11 is 0. The fraction of sp³-hybridized carbons (Fsp3) is 0.562. The van der Waals surface area contributed by atoms with Crippen LogP contribution in [0.25, 0.3) is 0 Å². The van der Waals surface area contributed by atoms with Crippen molar-refractivity contribution in [3.8, 4) is 0 Å². The van der Waals surface area contributed by atoms with Crippen molar-refractivity contribution in [2.45, 2.75) is 19.8 Å². The SMILES string of the molecule is CCCN(CCC(=O)c1ccccc1)CCN(C)C. The Hall–Kier alpha value is -1.19. The van der Waals surface area contributed by atoms with Crippen molar-refractivity contribution in [2.75, 3.05) is 40.3 Å². The molecule has 19 heavy (non-hydrogen) atoms. The first kappa shape index (κ1) is 15.9. The Morgan fingerprint density at radius 2 is 1.68 bits per heavy atom. The molecule has 106 valence electrons. The maximum atomic E-state index is 12.1. The molecule has 1 aromatic rings. The number of ketones is 1. The summed E-state index contributed by atoms with van der Waals surface area (Å²) in [5, 5.41) is 0. The molecule has 0 heterocycles. The van der Waals surface area contributed by atoms with E-state index in [-0.39, 0.29) is 5.78 Å². The van der Waals surface area contributed by atoms with E-state index in [2.05, 4.69) is 30.8 Å². The Morgan fingerprint density at radius 3 is 2.26 bits per heavy atom. The third-order valence-electron chi connectivity index (χ3n) is 3.15. The molecule has 0 unspecified atom stereocenters. The third kappa shape index (κ3) is 6.50. The second-order valence-corrected chi connectivity index (χ2v) is 5.18. The first-order valence-electron chi connectivity index (χ1n) is 7.08. The van der Waals surface area contributed by atoms with Gasteiger partial charge in [-0.1, -0.05) is 37.3 Å². The number of rotatable bonds is 9. The summed E-state index contributed by atoms with van der Waals surface area (Å²) in [4.78, 5) is 16.6. The Bertz CT molecular complexity index is 362. The number of Topliss-reactive ketones (excluding diaryl/α,β-unsaturated/α-hetero) is 1. The molecular formula is C16H26N2O. The van der Waals surface area contributed by atoms with Gasteiger partial charge in [-0.25, -0.2) is 0 Å². The van der Waals surface area contributed by atoms with Gasteiger partial charge in [0.2, 0.25) is 0 Å². The molecule has 0 N–H and O–H groups in total. The van der Waals surface area contributed by atoms with Crippen LogP contribution in [-0.4, -0.2) is 55.9 Å². The van der Waals surface area contributed by atoms with Crippen molar-refractivity contribution in [2.24, 2.45) is 0 Å². The number of likely N-dealkylation sites (N-methyl/N-ethyl adjacent to an activating group) is 1. The van der Waals surface area contributed by atoms with Crippen LogP contribution in [0, 0.1) is 0 Å². The summed E-state index contributed by atoms with van der Waals surface area (Å²) in [6.07, 6.45) is 1.74. The van der Waals surface area contributed by atoms with Crippen LogP contribution in [0.15, 0.2) is 30.3 Å². The molecule has 0 aromatic heterocycles. The molecule has 1 rings (SSSR count). The van der Waals surface area contributed by atoms with Crippen LogP contribution in [0.5, 0.6) is 0 Å². The number of hydrogen-bond acceptors (Lipinski definition) is 3. The Labute approximate surface area is 117 Å². The molecule has 0 atom stereocenters. The maximum absolute atomic E-state index is 12.1. The van der Waals surface area contributed by atoms with Gasteiger partial charge in [0.05, 0.1) is 0 Å². The van der Waals surface area contributed by atoms with E-state index in [1.54, 1.807) is 0 Å². The molecule has 3 nitrogen and oxygen atoms in total. The van der Waals surface area contributed by atoms with Gasteiger partial charge < -0.3 is 9.80 Å². The minimum atomic E-state index is 0.242. The van der Waals surface area contributed by atoms with Gasteiger partial charge in [-0.3, -0.25) is 4.79 Å². The summed E-state index contributed by atoms with van der Waals surface area (Å²) in [6.45, 7) is 6.18. The number of carbonyl (C=O) groups excluding carboxylic acids is 1. The smallest absolute Gasteiger partial charge is 0.164 e. The van der Waals surface area contributed by atoms with Gasteiger partial charge in [0.1, 0.15) is 0 Å². The molecule has 0 radical (unpaired) electrons. The zero-order valence-corrected chi connectivity index (χ0v) is 12.4. The summed E-state index contributed by atoms with van der Waals surface area (Å²) in [5.74, 6) is 0.242.